The minimum Gasteiger partial charge on any atom is -0.258 e. The van der Waals surface area contributed by atoms with Gasteiger partial charge in [-0.3, -0.25) is 20.2 Å². The summed E-state index contributed by atoms with van der Waals surface area (Å²) < 4.78 is 25.2. The van der Waals surface area contributed by atoms with Gasteiger partial charge in [0.25, 0.3) is 11.4 Å². The van der Waals surface area contributed by atoms with Crippen LogP contribution in [-0.4, -0.2) is 18.3 Å². The summed E-state index contributed by atoms with van der Waals surface area (Å²) >= 11 is 0. The number of rotatable bonds is 4. The number of benzene rings is 2. The Kier molecular flexibility index (Phi) is 3.91. The maximum Gasteiger partial charge on any atom is 0.295 e. The highest BCUT2D eigenvalue weighted by molar-refractivity contribution is 7.91. The van der Waals surface area contributed by atoms with Gasteiger partial charge in [0.2, 0.25) is 14.7 Å². The van der Waals surface area contributed by atoms with Crippen molar-refractivity contribution in [3.63, 3.8) is 0 Å². The molecule has 0 aliphatic heterocycles. The lowest BCUT2D eigenvalue weighted by Crippen LogP contribution is -2.09. The maximum absolute atomic E-state index is 12.6. The molecule has 114 valence electrons. The van der Waals surface area contributed by atoms with Gasteiger partial charge in [0, 0.05) is 12.1 Å². The van der Waals surface area contributed by atoms with Crippen LogP contribution in [0.4, 0.5) is 11.4 Å². The average Bonchev–Trinajstić information content (AvgIpc) is 2.46. The van der Waals surface area contributed by atoms with Gasteiger partial charge < -0.3 is 0 Å². The number of nitro benzene ring substituents is 2. The van der Waals surface area contributed by atoms with Gasteiger partial charge in [-0.15, -0.1) is 0 Å². The predicted molar refractivity (Wildman–Crippen MR) is 76.4 cm³/mol. The van der Waals surface area contributed by atoms with Crippen molar-refractivity contribution in [2.75, 3.05) is 0 Å². The summed E-state index contributed by atoms with van der Waals surface area (Å²) in [4.78, 5) is 19.3. The standard InChI is InChI=1S/C13H10N2O6S/c1-9-7-11(14(16)17)13(12(8-9)15(18)19)22(20,21)10-5-3-2-4-6-10/h2-8H,1H3. The fourth-order valence-electron chi connectivity index (χ4n) is 2.00. The smallest absolute Gasteiger partial charge is 0.258 e. The van der Waals surface area contributed by atoms with Crippen molar-refractivity contribution < 1.29 is 18.3 Å². The molecule has 0 spiro atoms. The lowest BCUT2D eigenvalue weighted by atomic mass is 10.2. The first-order valence-corrected chi connectivity index (χ1v) is 7.47. The molecule has 22 heavy (non-hydrogen) atoms. The Bertz CT molecular complexity index is 826. The Labute approximate surface area is 125 Å². The molecule has 0 aliphatic carbocycles. The lowest BCUT2D eigenvalue weighted by Gasteiger charge is -2.07. The molecule has 2 aromatic rings. The second-order valence-corrected chi connectivity index (χ2v) is 6.35. The van der Waals surface area contributed by atoms with Gasteiger partial charge in [0.15, 0.2) is 0 Å². The summed E-state index contributed by atoms with van der Waals surface area (Å²) in [5.74, 6) is 0. The first-order chi connectivity index (χ1) is 10.2. The van der Waals surface area contributed by atoms with Gasteiger partial charge >= 0.3 is 0 Å². The Morgan fingerprint density at radius 1 is 0.909 bits per heavy atom. The summed E-state index contributed by atoms with van der Waals surface area (Å²) in [7, 11) is -4.39. The average molecular weight is 322 g/mol. The van der Waals surface area contributed by atoms with Crippen LogP contribution >= 0.6 is 0 Å². The zero-order valence-corrected chi connectivity index (χ0v) is 12.1. The molecule has 0 radical (unpaired) electrons. The highest BCUT2D eigenvalue weighted by Gasteiger charge is 2.36. The van der Waals surface area contributed by atoms with Crippen LogP contribution in [0.5, 0.6) is 0 Å². The van der Waals surface area contributed by atoms with E-state index in [1.165, 1.54) is 31.2 Å². The van der Waals surface area contributed by atoms with E-state index in [-0.39, 0.29) is 10.5 Å². The molecule has 0 saturated carbocycles. The van der Waals surface area contributed by atoms with Crippen LogP contribution in [-0.2, 0) is 9.84 Å². The number of hydrogen-bond acceptors (Lipinski definition) is 6. The summed E-state index contributed by atoms with van der Waals surface area (Å²) in [5, 5.41) is 22.3. The zero-order valence-electron chi connectivity index (χ0n) is 11.3. The molecule has 0 saturated heterocycles. The Hall–Kier alpha value is -2.81. The topological polar surface area (TPSA) is 120 Å². The second kappa shape index (κ2) is 5.53. The molecule has 2 aromatic carbocycles. The molecule has 0 atom stereocenters. The van der Waals surface area contributed by atoms with Gasteiger partial charge in [-0.1, -0.05) is 18.2 Å². The Balaban J connectivity index is 2.90. The normalized spacial score (nSPS) is 11.1. The Morgan fingerprint density at radius 2 is 1.36 bits per heavy atom. The molecule has 0 unspecified atom stereocenters. The summed E-state index contributed by atoms with van der Waals surface area (Å²) in [5.41, 5.74) is -1.39. The fraction of sp³-hybridized carbons (Fsp3) is 0.0769. The third-order valence-electron chi connectivity index (χ3n) is 2.91. The largest absolute Gasteiger partial charge is 0.295 e. The molecule has 0 heterocycles. The van der Waals surface area contributed by atoms with E-state index in [9.17, 15) is 28.6 Å². The molecule has 0 bridgehead atoms. The number of nitrogens with zero attached hydrogens (tertiary/aromatic N) is 2. The van der Waals surface area contributed by atoms with E-state index in [1.54, 1.807) is 6.07 Å². The monoisotopic (exact) mass is 322 g/mol. The molecule has 0 fully saturated rings. The highest BCUT2D eigenvalue weighted by Crippen LogP contribution is 2.37. The van der Waals surface area contributed by atoms with E-state index in [0.717, 1.165) is 12.1 Å². The van der Waals surface area contributed by atoms with Crippen molar-refractivity contribution >= 4 is 21.2 Å². The van der Waals surface area contributed by atoms with Crippen LogP contribution in [0.15, 0.2) is 52.3 Å². The molecule has 8 nitrogen and oxygen atoms in total. The van der Waals surface area contributed by atoms with Crippen molar-refractivity contribution in [2.24, 2.45) is 0 Å². The van der Waals surface area contributed by atoms with Gasteiger partial charge in [-0.05, 0) is 24.6 Å². The highest BCUT2D eigenvalue weighted by atomic mass is 32.2. The van der Waals surface area contributed by atoms with Crippen molar-refractivity contribution in [1.82, 2.24) is 0 Å². The van der Waals surface area contributed by atoms with E-state index >= 15 is 0 Å². The van der Waals surface area contributed by atoms with Crippen LogP contribution < -0.4 is 0 Å². The van der Waals surface area contributed by atoms with E-state index in [1.807, 2.05) is 0 Å². The number of hydrogen-bond donors (Lipinski definition) is 0. The number of aryl methyl sites for hydroxylation is 1. The number of sulfone groups is 1. The van der Waals surface area contributed by atoms with Crippen molar-refractivity contribution in [1.29, 1.82) is 0 Å². The van der Waals surface area contributed by atoms with E-state index in [4.69, 9.17) is 0 Å². The molecule has 2 rings (SSSR count). The van der Waals surface area contributed by atoms with Crippen molar-refractivity contribution in [2.45, 2.75) is 16.7 Å². The second-order valence-electron chi connectivity index (χ2n) is 4.46. The zero-order chi connectivity index (χ0) is 16.5. The lowest BCUT2D eigenvalue weighted by molar-refractivity contribution is -0.399. The Morgan fingerprint density at radius 3 is 1.77 bits per heavy atom. The fourth-order valence-corrected chi connectivity index (χ4v) is 3.57. The third kappa shape index (κ3) is 2.66. The van der Waals surface area contributed by atoms with Crippen LogP contribution in [0.25, 0.3) is 0 Å². The molecule has 0 aromatic heterocycles. The van der Waals surface area contributed by atoms with Crippen LogP contribution in [0, 0.1) is 27.2 Å². The number of nitro groups is 2. The molecular weight excluding hydrogens is 312 g/mol. The minimum atomic E-state index is -4.39. The van der Waals surface area contributed by atoms with Gasteiger partial charge in [-0.2, -0.15) is 0 Å². The quantitative estimate of drug-likeness (QED) is 0.630. The molecule has 0 N–H and O–H groups in total. The van der Waals surface area contributed by atoms with E-state index in [2.05, 4.69) is 0 Å². The van der Waals surface area contributed by atoms with E-state index in [0.29, 0.717) is 0 Å². The molecule has 0 amide bonds. The van der Waals surface area contributed by atoms with Crippen molar-refractivity contribution in [3.05, 3.63) is 68.3 Å². The summed E-state index contributed by atoms with van der Waals surface area (Å²) in [6.45, 7) is 1.42. The van der Waals surface area contributed by atoms with Gasteiger partial charge in [-0.25, -0.2) is 8.42 Å². The third-order valence-corrected chi connectivity index (χ3v) is 4.76. The van der Waals surface area contributed by atoms with Gasteiger partial charge in [0.1, 0.15) is 0 Å². The van der Waals surface area contributed by atoms with Gasteiger partial charge in [0.05, 0.1) is 14.7 Å². The molecule has 0 aliphatic rings. The first-order valence-electron chi connectivity index (χ1n) is 5.98. The van der Waals surface area contributed by atoms with Crippen LogP contribution in [0.1, 0.15) is 5.56 Å². The van der Waals surface area contributed by atoms with Crippen LogP contribution in [0.3, 0.4) is 0 Å². The summed E-state index contributed by atoms with van der Waals surface area (Å²) in [6, 6.07) is 8.88. The van der Waals surface area contributed by atoms with Crippen LogP contribution in [0.2, 0.25) is 0 Å². The maximum atomic E-state index is 12.6. The molecular formula is C13H10N2O6S. The predicted octanol–water partition coefficient (Wildman–Crippen LogP) is 2.64. The van der Waals surface area contributed by atoms with E-state index < -0.39 is 36.0 Å². The summed E-state index contributed by atoms with van der Waals surface area (Å²) in [6.07, 6.45) is 0. The first kappa shape index (κ1) is 15.6. The molecule has 9 heteroatoms. The SMILES string of the molecule is Cc1cc([N+](=O)[O-])c(S(=O)(=O)c2ccccc2)c([N+](=O)[O-])c1. The minimum absolute atomic E-state index is 0.227. The van der Waals surface area contributed by atoms with Crippen molar-refractivity contribution in [3.8, 4) is 0 Å².